The Kier molecular flexibility index (Phi) is 4.14. The molecule has 1 aliphatic heterocycles. The van der Waals surface area contributed by atoms with Crippen molar-refractivity contribution in [3.8, 4) is 0 Å². The van der Waals surface area contributed by atoms with Gasteiger partial charge < -0.3 is 5.32 Å². The van der Waals surface area contributed by atoms with Gasteiger partial charge in [0.05, 0.1) is 11.8 Å². The number of hydrogen-bond donors (Lipinski definition) is 1. The molecule has 0 unspecified atom stereocenters. The van der Waals surface area contributed by atoms with E-state index in [0.717, 1.165) is 0 Å². The zero-order valence-electron chi connectivity index (χ0n) is 16.7. The van der Waals surface area contributed by atoms with E-state index < -0.39 is 0 Å². The van der Waals surface area contributed by atoms with Gasteiger partial charge in [0.25, 0.3) is 0 Å². The van der Waals surface area contributed by atoms with Gasteiger partial charge in [-0.25, -0.2) is 0 Å². The summed E-state index contributed by atoms with van der Waals surface area (Å²) in [5.74, 6) is 1.56. The highest BCUT2D eigenvalue weighted by molar-refractivity contribution is 6.30. The Morgan fingerprint density at radius 3 is 2.20 bits per heavy atom. The average Bonchev–Trinajstić information content (AvgIpc) is 3.52. The van der Waals surface area contributed by atoms with E-state index in [9.17, 15) is 14.4 Å². The molecule has 1 heterocycles. The van der Waals surface area contributed by atoms with E-state index in [4.69, 9.17) is 11.6 Å². The number of nitrogens with one attached hydrogen (secondary N) is 1. The van der Waals surface area contributed by atoms with Gasteiger partial charge in [-0.15, -0.1) is 0 Å². The third kappa shape index (κ3) is 2.71. The fourth-order valence-electron chi connectivity index (χ4n) is 6.75. The average molecular weight is 425 g/mol. The smallest absolute Gasteiger partial charge is 0.233 e. The molecule has 2 bridgehead atoms. The number of allylic oxidation sites excluding steroid dienone is 2. The van der Waals surface area contributed by atoms with Crippen LogP contribution >= 0.6 is 11.6 Å². The van der Waals surface area contributed by atoms with Crippen LogP contribution in [-0.2, 0) is 14.4 Å². The molecule has 1 saturated heterocycles. The quantitative estimate of drug-likeness (QED) is 0.591. The van der Waals surface area contributed by atoms with Gasteiger partial charge in [0.1, 0.15) is 0 Å². The minimum atomic E-state index is -0.125. The minimum Gasteiger partial charge on any atom is -0.326 e. The van der Waals surface area contributed by atoms with Crippen LogP contribution in [0.25, 0.3) is 0 Å². The van der Waals surface area contributed by atoms with Crippen molar-refractivity contribution in [1.82, 2.24) is 4.90 Å². The molecule has 6 atom stereocenters. The van der Waals surface area contributed by atoms with Crippen molar-refractivity contribution in [2.75, 3.05) is 5.32 Å². The zero-order valence-corrected chi connectivity index (χ0v) is 17.4. The molecule has 3 saturated carbocycles. The molecule has 1 aromatic rings. The highest BCUT2D eigenvalue weighted by Gasteiger charge is 2.67. The number of benzene rings is 1. The standard InChI is InChI=1S/C24H25ClN2O3/c25-13-2-1-3-14(10-13)26-22(28)12-4-6-15(7-5-12)27-23(29)20-16-8-9-17(19-11-18(16)19)21(20)24(27)30/h1-3,8-10,12,15-21H,4-7,11H2,(H,26,28)/t12?,15?,16-,17+,18-,19-,20+,21-/m1/s1. The van der Waals surface area contributed by atoms with Crippen LogP contribution in [0.3, 0.4) is 0 Å². The Labute approximate surface area is 180 Å². The van der Waals surface area contributed by atoms with Gasteiger partial charge in [-0.2, -0.15) is 0 Å². The highest BCUT2D eigenvalue weighted by atomic mass is 35.5. The molecule has 6 aliphatic rings. The molecule has 156 valence electrons. The third-order valence-corrected chi connectivity index (χ3v) is 8.46. The molecule has 0 spiro atoms. The number of hydrogen-bond acceptors (Lipinski definition) is 3. The predicted molar refractivity (Wildman–Crippen MR) is 112 cm³/mol. The van der Waals surface area contributed by atoms with E-state index in [2.05, 4.69) is 17.5 Å². The van der Waals surface area contributed by atoms with Crippen LogP contribution in [0.2, 0.25) is 5.02 Å². The second kappa shape index (κ2) is 6.68. The van der Waals surface area contributed by atoms with Crippen LogP contribution in [0.1, 0.15) is 32.1 Å². The first-order chi connectivity index (χ1) is 14.5. The van der Waals surface area contributed by atoms with E-state index in [0.29, 0.717) is 48.2 Å². The molecule has 5 aliphatic carbocycles. The van der Waals surface area contributed by atoms with E-state index >= 15 is 0 Å². The Bertz CT molecular complexity index is 931. The molecule has 1 N–H and O–H groups in total. The number of anilines is 1. The number of imide groups is 1. The summed E-state index contributed by atoms with van der Waals surface area (Å²) in [6, 6.07) is 7.09. The molecular weight excluding hydrogens is 400 g/mol. The lowest BCUT2D eigenvalue weighted by Crippen LogP contribution is -2.44. The number of carbonyl (C=O) groups excluding carboxylic acids is 3. The monoisotopic (exact) mass is 424 g/mol. The maximum atomic E-state index is 13.3. The summed E-state index contributed by atoms with van der Waals surface area (Å²) in [6.07, 6.45) is 8.42. The predicted octanol–water partition coefficient (Wildman–Crippen LogP) is 3.89. The SMILES string of the molecule is O=C(Nc1cccc(Cl)c1)C1CCC(N2C(=O)[C@@H]3[C@H]4C=C[C@H]([C@H]5C[C@H]45)[C@@H]3C2=O)CC1. The Balaban J connectivity index is 1.12. The molecule has 0 radical (unpaired) electrons. The Hall–Kier alpha value is -2.14. The number of likely N-dealkylation sites (tertiary alicyclic amines) is 1. The summed E-state index contributed by atoms with van der Waals surface area (Å²) < 4.78 is 0. The molecular formula is C24H25ClN2O3. The van der Waals surface area contributed by atoms with E-state index in [-0.39, 0.29) is 53.4 Å². The van der Waals surface area contributed by atoms with Gasteiger partial charge in [-0.3, -0.25) is 19.3 Å². The molecule has 7 rings (SSSR count). The highest BCUT2D eigenvalue weighted by Crippen LogP contribution is 2.65. The lowest BCUT2D eigenvalue weighted by molar-refractivity contribution is -0.144. The lowest BCUT2D eigenvalue weighted by Gasteiger charge is -2.37. The molecule has 6 heteroatoms. The molecule has 3 amide bonds. The summed E-state index contributed by atoms with van der Waals surface area (Å²) >= 11 is 6.00. The van der Waals surface area contributed by atoms with Crippen molar-refractivity contribution in [2.24, 2.45) is 41.4 Å². The number of carbonyl (C=O) groups is 3. The van der Waals surface area contributed by atoms with E-state index in [1.165, 1.54) is 6.42 Å². The number of rotatable bonds is 3. The fourth-order valence-corrected chi connectivity index (χ4v) is 6.94. The largest absolute Gasteiger partial charge is 0.326 e. The van der Waals surface area contributed by atoms with Gasteiger partial charge in [0.15, 0.2) is 0 Å². The molecule has 30 heavy (non-hydrogen) atoms. The topological polar surface area (TPSA) is 66.5 Å². The third-order valence-electron chi connectivity index (χ3n) is 8.22. The van der Waals surface area contributed by atoms with Crippen LogP contribution in [0.15, 0.2) is 36.4 Å². The van der Waals surface area contributed by atoms with E-state index in [1.807, 2.05) is 12.1 Å². The second-order valence-corrected chi connectivity index (χ2v) is 10.1. The van der Waals surface area contributed by atoms with Crippen LogP contribution < -0.4 is 5.32 Å². The molecule has 4 fully saturated rings. The van der Waals surface area contributed by atoms with Crippen LogP contribution in [-0.4, -0.2) is 28.7 Å². The fraction of sp³-hybridized carbons (Fsp3) is 0.542. The van der Waals surface area contributed by atoms with Gasteiger partial charge in [-0.1, -0.05) is 29.8 Å². The molecule has 0 aromatic heterocycles. The summed E-state index contributed by atoms with van der Waals surface area (Å²) in [5.41, 5.74) is 0.699. The van der Waals surface area contributed by atoms with Crippen molar-refractivity contribution < 1.29 is 14.4 Å². The second-order valence-electron chi connectivity index (χ2n) is 9.71. The van der Waals surface area contributed by atoms with Gasteiger partial charge in [0.2, 0.25) is 17.7 Å². The van der Waals surface area contributed by atoms with Crippen molar-refractivity contribution >= 4 is 35.0 Å². The first-order valence-electron chi connectivity index (χ1n) is 11.1. The summed E-state index contributed by atoms with van der Waals surface area (Å²) in [4.78, 5) is 40.8. The van der Waals surface area contributed by atoms with E-state index in [1.54, 1.807) is 17.0 Å². The normalized spacial score (nSPS) is 40.9. The number of halogens is 1. The number of amides is 3. The van der Waals surface area contributed by atoms with Crippen LogP contribution in [0.5, 0.6) is 0 Å². The Morgan fingerprint density at radius 2 is 1.60 bits per heavy atom. The Morgan fingerprint density at radius 1 is 0.967 bits per heavy atom. The van der Waals surface area contributed by atoms with Crippen molar-refractivity contribution in [3.05, 3.63) is 41.4 Å². The summed E-state index contributed by atoms with van der Waals surface area (Å²) in [6.45, 7) is 0. The summed E-state index contributed by atoms with van der Waals surface area (Å²) in [5, 5.41) is 3.53. The van der Waals surface area contributed by atoms with Crippen molar-refractivity contribution in [1.29, 1.82) is 0 Å². The summed E-state index contributed by atoms with van der Waals surface area (Å²) in [7, 11) is 0. The maximum Gasteiger partial charge on any atom is 0.233 e. The van der Waals surface area contributed by atoms with Crippen molar-refractivity contribution in [3.63, 3.8) is 0 Å². The van der Waals surface area contributed by atoms with Gasteiger partial charge >= 0.3 is 0 Å². The van der Waals surface area contributed by atoms with Gasteiger partial charge in [-0.05, 0) is 74.0 Å². The van der Waals surface area contributed by atoms with Crippen LogP contribution in [0.4, 0.5) is 5.69 Å². The van der Waals surface area contributed by atoms with Crippen molar-refractivity contribution in [2.45, 2.75) is 38.1 Å². The molecule has 5 nitrogen and oxygen atoms in total. The first kappa shape index (κ1) is 18.6. The van der Waals surface area contributed by atoms with Crippen LogP contribution in [0, 0.1) is 41.4 Å². The first-order valence-corrected chi connectivity index (χ1v) is 11.5. The van der Waals surface area contributed by atoms with Gasteiger partial charge in [0, 0.05) is 22.7 Å². The zero-order chi connectivity index (χ0) is 20.6. The lowest BCUT2D eigenvalue weighted by atomic mass is 9.63. The minimum absolute atomic E-state index is 0.00852. The number of nitrogens with zero attached hydrogens (tertiary/aromatic N) is 1. The molecule has 1 aromatic carbocycles. The maximum absolute atomic E-state index is 13.3.